The molecule has 7 nitrogen and oxygen atoms in total. The molecule has 4 rings (SSSR count). The van der Waals surface area contributed by atoms with Crippen LogP contribution >= 0.6 is 0 Å². The van der Waals surface area contributed by atoms with Gasteiger partial charge in [0.1, 0.15) is 17.3 Å². The minimum Gasteiger partial charge on any atom is -0.508 e. The predicted octanol–water partition coefficient (Wildman–Crippen LogP) is 6.07. The number of benzene rings is 3. The molecule has 0 spiro atoms. The van der Waals surface area contributed by atoms with Gasteiger partial charge in [-0.25, -0.2) is 17.1 Å². The Morgan fingerprint density at radius 3 is 2.28 bits per heavy atom. The lowest BCUT2D eigenvalue weighted by atomic mass is 9.68. The number of phenols is 2. The van der Waals surface area contributed by atoms with Gasteiger partial charge in [-0.3, -0.25) is 4.79 Å². The molecule has 3 aromatic rings. The van der Waals surface area contributed by atoms with Gasteiger partial charge in [0.25, 0.3) is 0 Å². The van der Waals surface area contributed by atoms with Crippen LogP contribution in [-0.4, -0.2) is 72.1 Å². The van der Waals surface area contributed by atoms with E-state index in [1.165, 1.54) is 22.5 Å². The number of para-hydroxylation sites is 1. The van der Waals surface area contributed by atoms with Gasteiger partial charge in [-0.15, -0.1) is 0 Å². The minimum absolute atomic E-state index is 0.0101. The number of rotatable bonds is 13. The highest BCUT2D eigenvalue weighted by Crippen LogP contribution is 2.48. The van der Waals surface area contributed by atoms with Crippen molar-refractivity contribution in [1.82, 2.24) is 9.21 Å². The number of piperidine rings is 1. The molecule has 0 saturated carbocycles. The van der Waals surface area contributed by atoms with Crippen molar-refractivity contribution < 1.29 is 27.8 Å². The van der Waals surface area contributed by atoms with E-state index in [-0.39, 0.29) is 41.7 Å². The van der Waals surface area contributed by atoms with Crippen molar-refractivity contribution in [3.8, 4) is 11.5 Å². The third-order valence-corrected chi connectivity index (χ3v) is 10.4. The number of aromatic hydroxyl groups is 2. The Hall–Kier alpha value is -3.27. The SMILES string of the molecule is CCCN(CCC)CCCS(=O)(=O)N1CC(C(=O)c2cccc(O)c2)C(c2cccc(F)c2C)C(c2ccccc2O)C1. The summed E-state index contributed by atoms with van der Waals surface area (Å²) in [5.74, 6) is -3.08. The Morgan fingerprint density at radius 2 is 1.60 bits per heavy atom. The van der Waals surface area contributed by atoms with Crippen LogP contribution in [0.4, 0.5) is 4.39 Å². The molecule has 0 bridgehead atoms. The average Bonchev–Trinajstić information content (AvgIpc) is 2.98. The summed E-state index contributed by atoms with van der Waals surface area (Å²) in [5.41, 5.74) is 1.72. The zero-order valence-electron chi connectivity index (χ0n) is 25.2. The van der Waals surface area contributed by atoms with Crippen LogP contribution < -0.4 is 0 Å². The van der Waals surface area contributed by atoms with E-state index in [1.807, 2.05) is 0 Å². The van der Waals surface area contributed by atoms with E-state index in [2.05, 4.69) is 18.7 Å². The lowest BCUT2D eigenvalue weighted by Crippen LogP contribution is -2.50. The van der Waals surface area contributed by atoms with Crippen LogP contribution in [0.1, 0.15) is 72.0 Å². The first-order chi connectivity index (χ1) is 20.6. The molecule has 0 aliphatic carbocycles. The zero-order chi connectivity index (χ0) is 31.1. The van der Waals surface area contributed by atoms with E-state index in [9.17, 15) is 27.8 Å². The molecule has 9 heteroatoms. The smallest absolute Gasteiger partial charge is 0.214 e. The second-order valence-electron chi connectivity index (χ2n) is 11.5. The van der Waals surface area contributed by atoms with Gasteiger partial charge in [-0.1, -0.05) is 56.3 Å². The van der Waals surface area contributed by atoms with Crippen molar-refractivity contribution in [2.24, 2.45) is 5.92 Å². The molecule has 1 fully saturated rings. The van der Waals surface area contributed by atoms with Crippen LogP contribution in [0, 0.1) is 18.7 Å². The molecule has 43 heavy (non-hydrogen) atoms. The number of halogens is 1. The quantitative estimate of drug-likeness (QED) is 0.228. The van der Waals surface area contributed by atoms with Gasteiger partial charge < -0.3 is 15.1 Å². The van der Waals surface area contributed by atoms with Gasteiger partial charge in [0.15, 0.2) is 5.78 Å². The summed E-state index contributed by atoms with van der Waals surface area (Å²) in [6.07, 6.45) is 2.43. The fraction of sp³-hybridized carbons (Fsp3) is 0.441. The summed E-state index contributed by atoms with van der Waals surface area (Å²) in [5, 5.41) is 21.1. The summed E-state index contributed by atoms with van der Waals surface area (Å²) in [6.45, 7) is 8.29. The van der Waals surface area contributed by atoms with Gasteiger partial charge in [0.05, 0.1) is 5.75 Å². The van der Waals surface area contributed by atoms with E-state index >= 15 is 0 Å². The monoisotopic (exact) mass is 610 g/mol. The standard InChI is InChI=1S/C34H43FN2O5S/c1-4-17-36(18-5-2)19-10-20-43(41,42)37-22-29(28-13-6-7-16-32(28)39)33(27-14-9-15-31(35)24(27)3)30(23-37)34(40)25-11-8-12-26(38)21-25/h6-9,11-16,21,29-30,33,38-39H,4-5,10,17-20,22-23H2,1-3H3. The van der Waals surface area contributed by atoms with Gasteiger partial charge in [0, 0.05) is 36.4 Å². The Labute approximate surface area is 255 Å². The van der Waals surface area contributed by atoms with Crippen LogP contribution in [0.15, 0.2) is 66.7 Å². The van der Waals surface area contributed by atoms with Gasteiger partial charge in [-0.05, 0) is 86.8 Å². The molecule has 2 N–H and O–H groups in total. The molecule has 1 aliphatic rings. The predicted molar refractivity (Wildman–Crippen MR) is 168 cm³/mol. The zero-order valence-corrected chi connectivity index (χ0v) is 26.1. The topological polar surface area (TPSA) is 98.2 Å². The maximum atomic E-state index is 14.9. The van der Waals surface area contributed by atoms with Crippen molar-refractivity contribution in [2.45, 2.75) is 51.9 Å². The summed E-state index contributed by atoms with van der Waals surface area (Å²) in [7, 11) is -3.79. The van der Waals surface area contributed by atoms with Crippen molar-refractivity contribution in [3.63, 3.8) is 0 Å². The summed E-state index contributed by atoms with van der Waals surface area (Å²) >= 11 is 0. The highest BCUT2D eigenvalue weighted by atomic mass is 32.2. The Morgan fingerprint density at radius 1 is 0.930 bits per heavy atom. The maximum absolute atomic E-state index is 14.9. The fourth-order valence-corrected chi connectivity index (χ4v) is 7.97. The number of nitrogens with zero attached hydrogens (tertiary/aromatic N) is 2. The van der Waals surface area contributed by atoms with Gasteiger partial charge >= 0.3 is 0 Å². The molecule has 0 radical (unpaired) electrons. The Bertz CT molecular complexity index is 1510. The molecular formula is C34H43FN2O5S. The van der Waals surface area contributed by atoms with Crippen LogP contribution in [0.2, 0.25) is 0 Å². The molecule has 1 aliphatic heterocycles. The largest absolute Gasteiger partial charge is 0.508 e. The van der Waals surface area contributed by atoms with E-state index in [1.54, 1.807) is 55.5 Å². The van der Waals surface area contributed by atoms with E-state index in [4.69, 9.17) is 0 Å². The molecular weight excluding hydrogens is 567 g/mol. The van der Waals surface area contributed by atoms with E-state index in [0.717, 1.165) is 25.9 Å². The summed E-state index contributed by atoms with van der Waals surface area (Å²) in [6, 6.07) is 17.5. The van der Waals surface area contributed by atoms with Crippen LogP contribution in [-0.2, 0) is 10.0 Å². The third kappa shape index (κ3) is 7.63. The van der Waals surface area contributed by atoms with Gasteiger partial charge in [-0.2, -0.15) is 0 Å². The van der Waals surface area contributed by atoms with Crippen molar-refractivity contribution in [1.29, 1.82) is 0 Å². The molecule has 3 atom stereocenters. The molecule has 1 saturated heterocycles. The van der Waals surface area contributed by atoms with Crippen LogP contribution in [0.3, 0.4) is 0 Å². The normalized spacial score (nSPS) is 19.5. The number of hydrogen-bond acceptors (Lipinski definition) is 6. The van der Waals surface area contributed by atoms with E-state index in [0.29, 0.717) is 29.7 Å². The second kappa shape index (κ2) is 14.5. The summed E-state index contributed by atoms with van der Waals surface area (Å²) < 4.78 is 44.1. The average molecular weight is 611 g/mol. The number of phenolic OH excluding ortho intramolecular Hbond substituents is 2. The number of carbonyl (C=O) groups excluding carboxylic acids is 1. The lowest BCUT2D eigenvalue weighted by Gasteiger charge is -2.44. The second-order valence-corrected chi connectivity index (χ2v) is 13.6. The molecule has 232 valence electrons. The van der Waals surface area contributed by atoms with Crippen molar-refractivity contribution in [3.05, 3.63) is 94.8 Å². The number of hydrogen-bond donors (Lipinski definition) is 2. The number of ketones is 1. The van der Waals surface area contributed by atoms with Crippen molar-refractivity contribution in [2.75, 3.05) is 38.5 Å². The lowest BCUT2D eigenvalue weighted by molar-refractivity contribution is 0.0824. The van der Waals surface area contributed by atoms with Crippen LogP contribution in [0.5, 0.6) is 11.5 Å². The van der Waals surface area contributed by atoms with Crippen LogP contribution in [0.25, 0.3) is 0 Å². The number of carbonyl (C=O) groups is 1. The molecule has 0 aromatic heterocycles. The van der Waals surface area contributed by atoms with Crippen molar-refractivity contribution >= 4 is 15.8 Å². The van der Waals surface area contributed by atoms with Gasteiger partial charge in [0.2, 0.25) is 10.0 Å². The first-order valence-electron chi connectivity index (χ1n) is 15.1. The summed E-state index contributed by atoms with van der Waals surface area (Å²) in [4.78, 5) is 16.5. The Balaban J connectivity index is 1.78. The van der Waals surface area contributed by atoms with E-state index < -0.39 is 33.6 Å². The first-order valence-corrected chi connectivity index (χ1v) is 16.7. The fourth-order valence-electron chi connectivity index (χ4n) is 6.45. The molecule has 0 amide bonds. The number of sulfonamides is 1. The first kappa shape index (κ1) is 32.6. The minimum atomic E-state index is -3.79. The number of Topliss-reactive ketones (excluding diaryl/α,β-unsaturated/α-hetero) is 1. The molecule has 1 heterocycles. The molecule has 3 aromatic carbocycles. The highest BCUT2D eigenvalue weighted by molar-refractivity contribution is 7.89. The maximum Gasteiger partial charge on any atom is 0.214 e. The molecule has 3 unspecified atom stereocenters. The Kier molecular flexibility index (Phi) is 11.0. The third-order valence-electron chi connectivity index (χ3n) is 8.49. The highest BCUT2D eigenvalue weighted by Gasteiger charge is 2.46.